The Kier molecular flexibility index (Phi) is 8.32. The van der Waals surface area contributed by atoms with E-state index < -0.39 is 23.7 Å². The molecular weight excluding hydrogens is 547 g/mol. The van der Waals surface area contributed by atoms with Crippen molar-refractivity contribution in [1.82, 2.24) is 20.6 Å². The Hall–Kier alpha value is -5.00. The van der Waals surface area contributed by atoms with Gasteiger partial charge in [-0.1, -0.05) is 41.5 Å². The van der Waals surface area contributed by atoms with E-state index in [-0.39, 0.29) is 23.7 Å². The third-order valence-corrected chi connectivity index (χ3v) is 7.01. The van der Waals surface area contributed by atoms with Gasteiger partial charge in [-0.3, -0.25) is 15.0 Å². The maximum atomic E-state index is 13.5. The largest absolute Gasteiger partial charge is 0.416 e. The molecule has 0 atom stereocenters. The van der Waals surface area contributed by atoms with Gasteiger partial charge in [0.05, 0.1) is 12.1 Å². The normalized spacial score (nSPS) is 13.3. The molecule has 216 valence electrons. The number of anilines is 3. The number of H-pyrrole nitrogens is 1. The zero-order valence-corrected chi connectivity index (χ0v) is 22.7. The van der Waals surface area contributed by atoms with Gasteiger partial charge >= 0.3 is 12.2 Å². The number of nitrogens with zero attached hydrogens (tertiary/aromatic N) is 4. The summed E-state index contributed by atoms with van der Waals surface area (Å²) < 4.78 is 40.5. The summed E-state index contributed by atoms with van der Waals surface area (Å²) in [5.41, 5.74) is 3.21. The van der Waals surface area contributed by atoms with E-state index in [4.69, 9.17) is 0 Å². The number of halogens is 3. The van der Waals surface area contributed by atoms with Crippen LogP contribution in [0.3, 0.4) is 0 Å². The number of alkyl halides is 3. The molecule has 3 amide bonds. The van der Waals surface area contributed by atoms with Gasteiger partial charge in [-0.25, -0.2) is 4.79 Å². The van der Waals surface area contributed by atoms with Crippen molar-refractivity contribution < 1.29 is 22.8 Å². The van der Waals surface area contributed by atoms with Crippen molar-refractivity contribution in [2.75, 3.05) is 15.5 Å². The summed E-state index contributed by atoms with van der Waals surface area (Å²) in [6, 6.07) is 17.2. The number of allylic oxidation sites excluding steroid dienone is 2. The predicted molar refractivity (Wildman–Crippen MR) is 153 cm³/mol. The summed E-state index contributed by atoms with van der Waals surface area (Å²) in [5.74, 6) is -0.408. The second kappa shape index (κ2) is 12.2. The molecular formula is C30H28F3N7O2. The Morgan fingerprint density at radius 2 is 1.74 bits per heavy atom. The minimum absolute atomic E-state index is 0.0281. The Labute approximate surface area is 239 Å². The number of rotatable bonds is 7. The van der Waals surface area contributed by atoms with E-state index >= 15 is 0 Å². The number of carbonyl (C=O) groups excluding carboxylic acids is 2. The molecule has 12 heteroatoms. The van der Waals surface area contributed by atoms with E-state index in [2.05, 4.69) is 37.3 Å². The maximum absolute atomic E-state index is 13.5. The molecule has 0 saturated carbocycles. The first kappa shape index (κ1) is 28.5. The fourth-order valence-corrected chi connectivity index (χ4v) is 4.76. The highest BCUT2D eigenvalue weighted by atomic mass is 19.4. The molecule has 1 aliphatic rings. The number of aromatic nitrogens is 4. The SMILES string of the molecule is Cc1ccc(NC(=O)N(Cc2ccc(C(=O)Nc3nn[nH]n3)cc2)c2ccc(C3=CCCCC3)cc2)cc1C(F)(F)F. The van der Waals surface area contributed by atoms with Crippen molar-refractivity contribution >= 4 is 34.8 Å². The molecule has 0 radical (unpaired) electrons. The summed E-state index contributed by atoms with van der Waals surface area (Å²) >= 11 is 0. The second-order valence-corrected chi connectivity index (χ2v) is 9.95. The zero-order chi connectivity index (χ0) is 29.7. The van der Waals surface area contributed by atoms with Crippen LogP contribution in [0.1, 0.15) is 58.3 Å². The summed E-state index contributed by atoms with van der Waals surface area (Å²) in [4.78, 5) is 27.5. The van der Waals surface area contributed by atoms with E-state index in [1.54, 1.807) is 24.3 Å². The molecule has 0 aliphatic heterocycles. The van der Waals surface area contributed by atoms with Gasteiger partial charge in [0.1, 0.15) is 0 Å². The minimum atomic E-state index is -4.55. The highest BCUT2D eigenvalue weighted by Gasteiger charge is 2.32. The van der Waals surface area contributed by atoms with Crippen molar-refractivity contribution in [2.45, 2.75) is 45.3 Å². The first-order chi connectivity index (χ1) is 20.2. The summed E-state index contributed by atoms with van der Waals surface area (Å²) in [6.07, 6.45) is 2.00. The van der Waals surface area contributed by atoms with Gasteiger partial charge in [0.15, 0.2) is 0 Å². The van der Waals surface area contributed by atoms with Gasteiger partial charge in [0, 0.05) is 16.9 Å². The van der Waals surface area contributed by atoms with Crippen molar-refractivity contribution in [3.63, 3.8) is 0 Å². The number of hydrogen-bond acceptors (Lipinski definition) is 5. The quantitative estimate of drug-likeness (QED) is 0.220. The third kappa shape index (κ3) is 6.82. The van der Waals surface area contributed by atoms with Gasteiger partial charge in [-0.05, 0) is 96.5 Å². The van der Waals surface area contributed by atoms with Crippen molar-refractivity contribution in [3.05, 3.63) is 101 Å². The number of aromatic amines is 1. The van der Waals surface area contributed by atoms with Gasteiger partial charge in [-0.2, -0.15) is 18.4 Å². The third-order valence-electron chi connectivity index (χ3n) is 7.01. The number of benzene rings is 3. The van der Waals surface area contributed by atoms with Crippen LogP contribution in [-0.4, -0.2) is 32.6 Å². The number of urea groups is 1. The number of hydrogen-bond donors (Lipinski definition) is 3. The molecule has 1 aromatic heterocycles. The van der Waals surface area contributed by atoms with Gasteiger partial charge in [0.2, 0.25) is 0 Å². The van der Waals surface area contributed by atoms with Gasteiger partial charge < -0.3 is 5.32 Å². The van der Waals surface area contributed by atoms with E-state index in [9.17, 15) is 22.8 Å². The molecule has 1 heterocycles. The number of nitrogens with one attached hydrogen (secondary N) is 3. The number of amides is 3. The number of aryl methyl sites for hydroxylation is 1. The standard InChI is InChI=1S/C30H28F3N7O2/c1-19-7-14-24(17-26(19)30(31,32)33)34-29(42)40(25-15-12-22(13-16-25)21-5-3-2-4-6-21)18-20-8-10-23(11-9-20)27(41)35-28-36-38-39-37-28/h5,7-17H,2-4,6,18H2,1H3,(H,34,42)(H2,35,36,37,38,39,41). The Morgan fingerprint density at radius 1 is 0.976 bits per heavy atom. The Balaban J connectivity index is 1.39. The molecule has 0 saturated heterocycles. The van der Waals surface area contributed by atoms with Crippen LogP contribution >= 0.6 is 0 Å². The van der Waals surface area contributed by atoms with Gasteiger partial charge in [0.25, 0.3) is 11.9 Å². The fourth-order valence-electron chi connectivity index (χ4n) is 4.76. The first-order valence-electron chi connectivity index (χ1n) is 13.4. The van der Waals surface area contributed by atoms with Crippen LogP contribution in [-0.2, 0) is 12.7 Å². The van der Waals surface area contributed by atoms with E-state index in [0.29, 0.717) is 16.8 Å². The number of carbonyl (C=O) groups is 2. The molecule has 0 bridgehead atoms. The molecule has 4 aromatic rings. The lowest BCUT2D eigenvalue weighted by molar-refractivity contribution is -0.138. The summed E-state index contributed by atoms with van der Waals surface area (Å²) in [6.45, 7) is 1.47. The molecule has 42 heavy (non-hydrogen) atoms. The lowest BCUT2D eigenvalue weighted by atomic mass is 9.93. The molecule has 0 unspecified atom stereocenters. The van der Waals surface area contributed by atoms with E-state index in [1.165, 1.54) is 36.0 Å². The molecule has 0 spiro atoms. The van der Waals surface area contributed by atoms with Crippen molar-refractivity contribution in [2.24, 2.45) is 0 Å². The first-order valence-corrected chi connectivity index (χ1v) is 13.4. The second-order valence-electron chi connectivity index (χ2n) is 9.95. The van der Waals surface area contributed by atoms with Crippen molar-refractivity contribution in [1.29, 1.82) is 0 Å². The van der Waals surface area contributed by atoms with Crippen LogP contribution in [0.5, 0.6) is 0 Å². The smallest absolute Gasteiger partial charge is 0.308 e. The van der Waals surface area contributed by atoms with Crippen LogP contribution in [0.25, 0.3) is 5.57 Å². The molecule has 9 nitrogen and oxygen atoms in total. The highest BCUT2D eigenvalue weighted by molar-refractivity contribution is 6.03. The van der Waals surface area contributed by atoms with Gasteiger partial charge in [-0.15, -0.1) is 5.10 Å². The van der Waals surface area contributed by atoms with E-state index in [0.717, 1.165) is 30.9 Å². The molecule has 3 aromatic carbocycles. The lowest BCUT2D eigenvalue weighted by Gasteiger charge is -2.24. The molecule has 0 fully saturated rings. The maximum Gasteiger partial charge on any atom is 0.416 e. The van der Waals surface area contributed by atoms with Crippen LogP contribution in [0.4, 0.5) is 35.3 Å². The predicted octanol–water partition coefficient (Wildman–Crippen LogP) is 6.98. The zero-order valence-electron chi connectivity index (χ0n) is 22.7. The molecule has 5 rings (SSSR count). The van der Waals surface area contributed by atoms with Crippen LogP contribution in [0, 0.1) is 6.92 Å². The average molecular weight is 576 g/mol. The monoisotopic (exact) mass is 575 g/mol. The minimum Gasteiger partial charge on any atom is -0.308 e. The Bertz CT molecular complexity index is 1580. The summed E-state index contributed by atoms with van der Waals surface area (Å²) in [7, 11) is 0. The molecule has 3 N–H and O–H groups in total. The Morgan fingerprint density at radius 3 is 2.38 bits per heavy atom. The van der Waals surface area contributed by atoms with Crippen LogP contribution in [0.2, 0.25) is 0 Å². The molecule has 1 aliphatic carbocycles. The topological polar surface area (TPSA) is 116 Å². The van der Waals surface area contributed by atoms with Crippen molar-refractivity contribution in [3.8, 4) is 0 Å². The average Bonchev–Trinajstić information content (AvgIpc) is 3.50. The van der Waals surface area contributed by atoms with E-state index in [1.807, 2.05) is 24.3 Å². The highest BCUT2D eigenvalue weighted by Crippen LogP contribution is 2.34. The van der Waals surface area contributed by atoms with Crippen LogP contribution < -0.4 is 15.5 Å². The van der Waals surface area contributed by atoms with Crippen LogP contribution in [0.15, 0.2) is 72.8 Å². The fraction of sp³-hybridized carbons (Fsp3) is 0.233. The number of tetrazole rings is 1. The lowest BCUT2D eigenvalue weighted by Crippen LogP contribution is -2.34. The summed E-state index contributed by atoms with van der Waals surface area (Å²) in [5, 5.41) is 18.1.